The van der Waals surface area contributed by atoms with Crippen LogP contribution in [0.5, 0.6) is 0 Å². The molecule has 21 heavy (non-hydrogen) atoms. The molecule has 2 amide bonds. The molecule has 112 valence electrons. The summed E-state index contributed by atoms with van der Waals surface area (Å²) in [5, 5.41) is 0. The monoisotopic (exact) mass is 307 g/mol. The number of carbonyl (C=O) groups excluding carboxylic acids is 2. The van der Waals surface area contributed by atoms with Gasteiger partial charge in [0.05, 0.1) is 19.6 Å². The molecular weight excluding hydrogens is 290 g/mol. The number of amides is 2. The van der Waals surface area contributed by atoms with Crippen molar-refractivity contribution in [2.45, 2.75) is 12.5 Å². The summed E-state index contributed by atoms with van der Waals surface area (Å²) in [5.41, 5.74) is 12.4. The summed E-state index contributed by atoms with van der Waals surface area (Å²) in [5.74, 6) is -0.697. The second kappa shape index (κ2) is 6.64. The molecule has 1 aromatic rings. The Morgan fingerprint density at radius 1 is 1.29 bits per heavy atom. The van der Waals surface area contributed by atoms with E-state index in [2.05, 4.69) is 0 Å². The van der Waals surface area contributed by atoms with Gasteiger partial charge >= 0.3 is 0 Å². The number of rotatable bonds is 4. The number of nitrogens with two attached hydrogens (primary N) is 2. The van der Waals surface area contributed by atoms with E-state index in [4.69, 9.17) is 28.4 Å². The van der Waals surface area contributed by atoms with Gasteiger partial charge < -0.3 is 21.1 Å². The number of ether oxygens (including phenoxy) is 1. The number of thiocarbonyl (C=S) groups is 1. The van der Waals surface area contributed by atoms with E-state index >= 15 is 0 Å². The Morgan fingerprint density at radius 2 is 1.95 bits per heavy atom. The van der Waals surface area contributed by atoms with E-state index in [1.807, 2.05) is 0 Å². The van der Waals surface area contributed by atoms with E-state index in [0.717, 1.165) is 11.1 Å². The Kier molecular flexibility index (Phi) is 4.87. The smallest absolute Gasteiger partial charge is 0.242 e. The maximum Gasteiger partial charge on any atom is 0.242 e. The Bertz CT molecular complexity index is 559. The highest BCUT2D eigenvalue weighted by Gasteiger charge is 2.31. The van der Waals surface area contributed by atoms with Gasteiger partial charge in [0, 0.05) is 12.1 Å². The lowest BCUT2D eigenvalue weighted by Crippen LogP contribution is -2.55. The van der Waals surface area contributed by atoms with Crippen LogP contribution in [0.1, 0.15) is 11.1 Å². The minimum Gasteiger partial charge on any atom is -0.389 e. The van der Waals surface area contributed by atoms with E-state index < -0.39 is 11.9 Å². The van der Waals surface area contributed by atoms with Crippen LogP contribution in [-0.2, 0) is 20.7 Å². The van der Waals surface area contributed by atoms with Crippen molar-refractivity contribution >= 4 is 29.0 Å². The molecule has 0 spiro atoms. The van der Waals surface area contributed by atoms with Crippen molar-refractivity contribution in [2.75, 3.05) is 19.8 Å². The SMILES string of the molecule is NC(=O)C1COCCN1C(=O)Cc1ccc(C(N)=S)cc1. The van der Waals surface area contributed by atoms with Crippen molar-refractivity contribution in [2.24, 2.45) is 11.5 Å². The van der Waals surface area contributed by atoms with Crippen LogP contribution in [0.4, 0.5) is 0 Å². The highest BCUT2D eigenvalue weighted by molar-refractivity contribution is 7.80. The number of nitrogens with zero attached hydrogens (tertiary/aromatic N) is 1. The molecular formula is C14H17N3O3S. The number of carbonyl (C=O) groups is 2. The molecule has 0 aliphatic carbocycles. The van der Waals surface area contributed by atoms with Crippen LogP contribution in [0, 0.1) is 0 Å². The Labute approximate surface area is 128 Å². The average molecular weight is 307 g/mol. The van der Waals surface area contributed by atoms with Crippen LogP contribution >= 0.6 is 12.2 Å². The fourth-order valence-electron chi connectivity index (χ4n) is 2.20. The van der Waals surface area contributed by atoms with E-state index in [-0.39, 0.29) is 18.9 Å². The number of primary amides is 1. The molecule has 2 rings (SSSR count). The number of morpholine rings is 1. The van der Waals surface area contributed by atoms with Crippen LogP contribution in [0.3, 0.4) is 0 Å². The van der Waals surface area contributed by atoms with Gasteiger partial charge in [-0.05, 0) is 5.56 Å². The molecule has 1 aliphatic heterocycles. The van der Waals surface area contributed by atoms with Crippen molar-refractivity contribution in [3.8, 4) is 0 Å². The van der Waals surface area contributed by atoms with Crippen molar-refractivity contribution in [1.29, 1.82) is 0 Å². The molecule has 1 aliphatic rings. The maximum absolute atomic E-state index is 12.3. The van der Waals surface area contributed by atoms with Gasteiger partial charge in [0.25, 0.3) is 0 Å². The normalized spacial score (nSPS) is 18.3. The van der Waals surface area contributed by atoms with Gasteiger partial charge in [-0.1, -0.05) is 36.5 Å². The maximum atomic E-state index is 12.3. The van der Waals surface area contributed by atoms with Crippen molar-refractivity contribution in [3.63, 3.8) is 0 Å². The molecule has 1 heterocycles. The van der Waals surface area contributed by atoms with Gasteiger partial charge in [-0.3, -0.25) is 9.59 Å². The minimum absolute atomic E-state index is 0.148. The molecule has 1 unspecified atom stereocenters. The summed E-state index contributed by atoms with van der Waals surface area (Å²) in [6.07, 6.45) is 0.196. The fourth-order valence-corrected chi connectivity index (χ4v) is 2.34. The second-order valence-electron chi connectivity index (χ2n) is 4.82. The number of hydrogen-bond acceptors (Lipinski definition) is 4. The van der Waals surface area contributed by atoms with Crippen molar-refractivity contribution in [1.82, 2.24) is 4.90 Å². The largest absolute Gasteiger partial charge is 0.389 e. The Hall–Kier alpha value is -1.99. The van der Waals surface area contributed by atoms with Crippen LogP contribution in [-0.4, -0.2) is 47.5 Å². The summed E-state index contributed by atoms with van der Waals surface area (Å²) in [6, 6.07) is 6.45. The molecule has 0 radical (unpaired) electrons. The highest BCUT2D eigenvalue weighted by Crippen LogP contribution is 2.11. The third-order valence-corrected chi connectivity index (χ3v) is 3.61. The van der Waals surface area contributed by atoms with Crippen molar-refractivity contribution in [3.05, 3.63) is 35.4 Å². The lowest BCUT2D eigenvalue weighted by Gasteiger charge is -2.33. The van der Waals surface area contributed by atoms with E-state index in [9.17, 15) is 9.59 Å². The topological polar surface area (TPSA) is 98.7 Å². The fraction of sp³-hybridized carbons (Fsp3) is 0.357. The van der Waals surface area contributed by atoms with Crippen LogP contribution in [0.15, 0.2) is 24.3 Å². The predicted molar refractivity (Wildman–Crippen MR) is 81.5 cm³/mol. The molecule has 1 atom stereocenters. The Morgan fingerprint density at radius 3 is 2.52 bits per heavy atom. The van der Waals surface area contributed by atoms with Gasteiger partial charge in [0.1, 0.15) is 11.0 Å². The lowest BCUT2D eigenvalue weighted by molar-refractivity contribution is -0.146. The summed E-state index contributed by atoms with van der Waals surface area (Å²) < 4.78 is 5.19. The first kappa shape index (κ1) is 15.4. The zero-order valence-corrected chi connectivity index (χ0v) is 12.3. The van der Waals surface area contributed by atoms with Crippen LogP contribution in [0.2, 0.25) is 0 Å². The highest BCUT2D eigenvalue weighted by atomic mass is 32.1. The van der Waals surface area contributed by atoms with Crippen LogP contribution < -0.4 is 11.5 Å². The first-order valence-corrected chi connectivity index (χ1v) is 6.95. The lowest BCUT2D eigenvalue weighted by atomic mass is 10.1. The Balaban J connectivity index is 2.05. The zero-order chi connectivity index (χ0) is 15.4. The summed E-state index contributed by atoms with van der Waals surface area (Å²) in [7, 11) is 0. The minimum atomic E-state index is -0.692. The molecule has 1 fully saturated rings. The van der Waals surface area contributed by atoms with E-state index in [1.54, 1.807) is 24.3 Å². The van der Waals surface area contributed by atoms with Gasteiger partial charge in [0.15, 0.2) is 0 Å². The molecule has 0 aromatic heterocycles. The standard InChI is InChI=1S/C14H17N3O3S/c15-13(19)11-8-20-6-5-17(11)12(18)7-9-1-3-10(4-2-9)14(16)21/h1-4,11H,5-8H2,(H2,15,19)(H2,16,21). The predicted octanol–water partition coefficient (Wildman–Crippen LogP) is -0.424. The van der Waals surface area contributed by atoms with E-state index in [0.29, 0.717) is 18.1 Å². The third kappa shape index (κ3) is 3.77. The summed E-state index contributed by atoms with van der Waals surface area (Å²) >= 11 is 4.88. The summed E-state index contributed by atoms with van der Waals surface area (Å²) in [4.78, 5) is 25.5. The van der Waals surface area contributed by atoms with Gasteiger partial charge in [-0.25, -0.2) is 0 Å². The second-order valence-corrected chi connectivity index (χ2v) is 5.26. The molecule has 1 aromatic carbocycles. The van der Waals surface area contributed by atoms with E-state index in [1.165, 1.54) is 4.90 Å². The van der Waals surface area contributed by atoms with Gasteiger partial charge in [-0.2, -0.15) is 0 Å². The summed E-state index contributed by atoms with van der Waals surface area (Å²) in [6.45, 7) is 0.939. The molecule has 4 N–H and O–H groups in total. The average Bonchev–Trinajstić information content (AvgIpc) is 2.47. The zero-order valence-electron chi connectivity index (χ0n) is 11.5. The molecule has 0 saturated carbocycles. The third-order valence-electron chi connectivity index (χ3n) is 3.37. The number of hydrogen-bond donors (Lipinski definition) is 2. The van der Waals surface area contributed by atoms with Gasteiger partial charge in [-0.15, -0.1) is 0 Å². The molecule has 0 bridgehead atoms. The van der Waals surface area contributed by atoms with Gasteiger partial charge in [0.2, 0.25) is 11.8 Å². The van der Waals surface area contributed by atoms with Crippen molar-refractivity contribution < 1.29 is 14.3 Å². The molecule has 1 saturated heterocycles. The quantitative estimate of drug-likeness (QED) is 0.736. The number of benzene rings is 1. The molecule has 6 nitrogen and oxygen atoms in total. The molecule has 7 heteroatoms. The van der Waals surface area contributed by atoms with Crippen LogP contribution in [0.25, 0.3) is 0 Å². The first-order chi connectivity index (χ1) is 9.99. The first-order valence-electron chi connectivity index (χ1n) is 6.54.